The van der Waals surface area contributed by atoms with Gasteiger partial charge in [0.25, 0.3) is 0 Å². The lowest BCUT2D eigenvalue weighted by Gasteiger charge is -2.07. The molecule has 0 fully saturated rings. The third kappa shape index (κ3) is 6.01. The molecule has 19 heavy (non-hydrogen) atoms. The van der Waals surface area contributed by atoms with Crippen LogP contribution in [0, 0.1) is 6.92 Å². The van der Waals surface area contributed by atoms with Gasteiger partial charge in [0.15, 0.2) is 0 Å². The fourth-order valence-electron chi connectivity index (χ4n) is 1.74. The van der Waals surface area contributed by atoms with Gasteiger partial charge in [0.2, 0.25) is 0 Å². The van der Waals surface area contributed by atoms with E-state index in [2.05, 4.69) is 6.07 Å². The summed E-state index contributed by atoms with van der Waals surface area (Å²) >= 11 is 1.79. The second-order valence-corrected chi connectivity index (χ2v) is 5.59. The molecule has 0 atom stereocenters. The van der Waals surface area contributed by atoms with E-state index in [1.54, 1.807) is 11.8 Å². The number of hydrogen-bond acceptors (Lipinski definition) is 4. The Balaban J connectivity index is 2.14. The number of carbonyl (C=O) groups is 1. The summed E-state index contributed by atoms with van der Waals surface area (Å²) in [5.41, 5.74) is 8.03. The Bertz CT molecular complexity index is 407. The van der Waals surface area contributed by atoms with Crippen LogP contribution in [0.3, 0.4) is 0 Å². The van der Waals surface area contributed by atoms with Gasteiger partial charge in [-0.3, -0.25) is 4.79 Å². The van der Waals surface area contributed by atoms with Gasteiger partial charge < -0.3 is 10.5 Å². The predicted molar refractivity (Wildman–Crippen MR) is 81.4 cm³/mol. The number of nitrogen functional groups attached to an aromatic ring is 1. The highest BCUT2D eigenvalue weighted by atomic mass is 32.2. The summed E-state index contributed by atoms with van der Waals surface area (Å²) in [4.78, 5) is 12.3. The van der Waals surface area contributed by atoms with Crippen LogP contribution in [0.2, 0.25) is 0 Å². The topological polar surface area (TPSA) is 52.3 Å². The van der Waals surface area contributed by atoms with Crippen LogP contribution in [0.25, 0.3) is 0 Å². The van der Waals surface area contributed by atoms with Gasteiger partial charge in [-0.1, -0.05) is 18.6 Å². The lowest BCUT2D eigenvalue weighted by molar-refractivity contribution is -0.143. The lowest BCUT2D eigenvalue weighted by atomic mass is 10.2. The molecule has 0 unspecified atom stereocenters. The number of thioether (sulfide) groups is 1. The maximum Gasteiger partial charge on any atom is 0.305 e. The van der Waals surface area contributed by atoms with Gasteiger partial charge in [-0.15, -0.1) is 11.8 Å². The number of carbonyl (C=O) groups excluding carboxylic acids is 1. The highest BCUT2D eigenvalue weighted by Crippen LogP contribution is 2.28. The minimum atomic E-state index is -0.0851. The summed E-state index contributed by atoms with van der Waals surface area (Å²) < 4.78 is 4.89. The molecule has 0 amide bonds. The summed E-state index contributed by atoms with van der Waals surface area (Å²) in [5, 5.41) is 0. The molecular formula is C15H23NO2S. The number of para-hydroxylation sites is 1. The van der Waals surface area contributed by atoms with Crippen molar-refractivity contribution in [1.82, 2.24) is 0 Å². The number of anilines is 1. The molecule has 0 saturated carbocycles. The third-order valence-corrected chi connectivity index (χ3v) is 4.03. The molecule has 0 bridgehead atoms. The third-order valence-electron chi connectivity index (χ3n) is 2.87. The Hall–Kier alpha value is -1.16. The van der Waals surface area contributed by atoms with Gasteiger partial charge in [0, 0.05) is 17.0 Å². The number of nitrogens with two attached hydrogens (primary N) is 1. The van der Waals surface area contributed by atoms with Crippen molar-refractivity contribution < 1.29 is 9.53 Å². The van der Waals surface area contributed by atoms with Crippen molar-refractivity contribution in [1.29, 1.82) is 0 Å². The fraction of sp³-hybridized carbons (Fsp3) is 0.533. The monoisotopic (exact) mass is 281 g/mol. The normalized spacial score (nSPS) is 10.4. The molecule has 106 valence electrons. The Morgan fingerprint density at radius 2 is 2.11 bits per heavy atom. The molecule has 0 heterocycles. The van der Waals surface area contributed by atoms with E-state index in [1.165, 1.54) is 0 Å². The maximum absolute atomic E-state index is 11.1. The lowest BCUT2D eigenvalue weighted by Crippen LogP contribution is -2.03. The van der Waals surface area contributed by atoms with Crippen molar-refractivity contribution in [2.75, 3.05) is 18.1 Å². The number of benzene rings is 1. The van der Waals surface area contributed by atoms with Crippen molar-refractivity contribution in [3.8, 4) is 0 Å². The van der Waals surface area contributed by atoms with Crippen LogP contribution in [0.5, 0.6) is 0 Å². The van der Waals surface area contributed by atoms with Gasteiger partial charge in [-0.25, -0.2) is 0 Å². The van der Waals surface area contributed by atoms with Crippen molar-refractivity contribution in [3.63, 3.8) is 0 Å². The number of hydrogen-bond donors (Lipinski definition) is 1. The summed E-state index contributed by atoms with van der Waals surface area (Å²) in [6.07, 6.45) is 3.59. The highest BCUT2D eigenvalue weighted by Gasteiger charge is 2.03. The average molecular weight is 281 g/mol. The number of ether oxygens (including phenoxy) is 1. The summed E-state index contributed by atoms with van der Waals surface area (Å²) in [6, 6.07) is 6.12. The van der Waals surface area contributed by atoms with Crippen LogP contribution in [-0.4, -0.2) is 18.3 Å². The van der Waals surface area contributed by atoms with Crippen LogP contribution >= 0.6 is 11.8 Å². The Morgan fingerprint density at radius 1 is 1.32 bits per heavy atom. The molecule has 1 aromatic carbocycles. The molecule has 0 aliphatic heterocycles. The first kappa shape index (κ1) is 15.9. The van der Waals surface area contributed by atoms with Crippen LogP contribution in [-0.2, 0) is 9.53 Å². The van der Waals surface area contributed by atoms with E-state index in [1.807, 2.05) is 26.0 Å². The maximum atomic E-state index is 11.1. The first-order valence-electron chi connectivity index (χ1n) is 6.78. The van der Waals surface area contributed by atoms with E-state index in [4.69, 9.17) is 10.5 Å². The molecule has 1 rings (SSSR count). The molecule has 3 nitrogen and oxygen atoms in total. The number of rotatable bonds is 8. The van der Waals surface area contributed by atoms with E-state index in [0.29, 0.717) is 13.0 Å². The van der Waals surface area contributed by atoms with Gasteiger partial charge >= 0.3 is 5.97 Å². The smallest absolute Gasteiger partial charge is 0.305 e. The highest BCUT2D eigenvalue weighted by molar-refractivity contribution is 7.99. The molecule has 0 aliphatic carbocycles. The van der Waals surface area contributed by atoms with E-state index in [0.717, 1.165) is 41.2 Å². The summed E-state index contributed by atoms with van der Waals surface area (Å²) in [5.74, 6) is 0.953. The Morgan fingerprint density at radius 3 is 2.84 bits per heavy atom. The molecule has 0 aromatic heterocycles. The van der Waals surface area contributed by atoms with E-state index >= 15 is 0 Å². The summed E-state index contributed by atoms with van der Waals surface area (Å²) in [7, 11) is 0. The van der Waals surface area contributed by atoms with Crippen LogP contribution < -0.4 is 5.73 Å². The number of unbranched alkanes of at least 4 members (excludes halogenated alkanes) is 2. The molecular weight excluding hydrogens is 258 g/mol. The van der Waals surface area contributed by atoms with Gasteiger partial charge in [-0.05, 0) is 44.1 Å². The molecule has 2 N–H and O–H groups in total. The van der Waals surface area contributed by atoms with Crippen LogP contribution in [0.1, 0.15) is 38.2 Å². The zero-order valence-corrected chi connectivity index (χ0v) is 12.6. The Labute approximate surface area is 119 Å². The summed E-state index contributed by atoms with van der Waals surface area (Å²) in [6.45, 7) is 4.33. The van der Waals surface area contributed by atoms with E-state index < -0.39 is 0 Å². The number of aryl methyl sites for hydroxylation is 1. The SMILES string of the molecule is CCOC(=O)CCCCCSc1cccc(C)c1N. The van der Waals surface area contributed by atoms with Crippen LogP contribution in [0.4, 0.5) is 5.69 Å². The molecule has 0 radical (unpaired) electrons. The van der Waals surface area contributed by atoms with Crippen molar-refractivity contribution in [2.45, 2.75) is 44.4 Å². The van der Waals surface area contributed by atoms with E-state index in [-0.39, 0.29) is 5.97 Å². The molecule has 0 spiro atoms. The van der Waals surface area contributed by atoms with E-state index in [9.17, 15) is 4.79 Å². The Kier molecular flexibility index (Phi) is 7.41. The fourth-order valence-corrected chi connectivity index (χ4v) is 2.80. The molecule has 0 saturated heterocycles. The quantitative estimate of drug-likeness (QED) is 0.341. The number of esters is 1. The molecule has 1 aromatic rings. The first-order valence-corrected chi connectivity index (χ1v) is 7.77. The molecule has 4 heteroatoms. The zero-order valence-electron chi connectivity index (χ0n) is 11.8. The second kappa shape index (κ2) is 8.86. The molecule has 0 aliphatic rings. The van der Waals surface area contributed by atoms with Gasteiger partial charge in [0.1, 0.15) is 0 Å². The standard InChI is InChI=1S/C15H23NO2S/c1-3-18-14(17)10-5-4-6-11-19-13-9-7-8-12(2)15(13)16/h7-9H,3-6,10-11,16H2,1-2H3. The van der Waals surface area contributed by atoms with Gasteiger partial charge in [-0.2, -0.15) is 0 Å². The minimum Gasteiger partial charge on any atom is -0.466 e. The zero-order chi connectivity index (χ0) is 14.1. The first-order chi connectivity index (χ1) is 9.15. The van der Waals surface area contributed by atoms with Crippen LogP contribution in [0.15, 0.2) is 23.1 Å². The van der Waals surface area contributed by atoms with Crippen molar-refractivity contribution in [3.05, 3.63) is 23.8 Å². The van der Waals surface area contributed by atoms with Crippen molar-refractivity contribution >= 4 is 23.4 Å². The predicted octanol–water partition coefficient (Wildman–Crippen LogP) is 3.79. The largest absolute Gasteiger partial charge is 0.466 e. The average Bonchev–Trinajstić information content (AvgIpc) is 2.38. The van der Waals surface area contributed by atoms with Gasteiger partial charge in [0.05, 0.1) is 6.61 Å². The minimum absolute atomic E-state index is 0.0851. The van der Waals surface area contributed by atoms with Crippen molar-refractivity contribution in [2.24, 2.45) is 0 Å². The second-order valence-electron chi connectivity index (χ2n) is 4.45.